The molecular weight excluding hydrogens is 570 g/mol. The van der Waals surface area contributed by atoms with Gasteiger partial charge in [0.2, 0.25) is 0 Å². The fraction of sp³-hybridized carbons (Fsp3) is 0.175. The Morgan fingerprint density at radius 1 is 0.652 bits per heavy atom. The van der Waals surface area contributed by atoms with E-state index in [-0.39, 0.29) is 5.91 Å². The second-order valence-corrected chi connectivity index (χ2v) is 11.2. The molecule has 0 aromatic heterocycles. The zero-order valence-corrected chi connectivity index (χ0v) is 26.3. The summed E-state index contributed by atoms with van der Waals surface area (Å²) in [5, 5.41) is 6.64. The van der Waals surface area contributed by atoms with Gasteiger partial charge in [-0.05, 0) is 54.3 Å². The predicted molar refractivity (Wildman–Crippen MR) is 187 cm³/mol. The van der Waals surface area contributed by atoms with E-state index < -0.39 is 0 Å². The van der Waals surface area contributed by atoms with Crippen molar-refractivity contribution in [2.75, 3.05) is 23.8 Å². The number of fused-ring (bicyclic) bond motifs is 1. The van der Waals surface area contributed by atoms with Crippen molar-refractivity contribution in [3.8, 4) is 11.5 Å². The van der Waals surface area contributed by atoms with Crippen LogP contribution in [0.2, 0.25) is 0 Å². The molecule has 6 heteroatoms. The number of carbonyl (C=O) groups excluding carboxylic acids is 1. The van der Waals surface area contributed by atoms with Gasteiger partial charge in [-0.15, -0.1) is 0 Å². The molecule has 0 saturated carbocycles. The van der Waals surface area contributed by atoms with Gasteiger partial charge in [0.15, 0.2) is 11.5 Å². The molecule has 0 aliphatic carbocycles. The molecule has 1 amide bonds. The van der Waals surface area contributed by atoms with E-state index in [0.717, 1.165) is 42.1 Å². The topological polar surface area (TPSA) is 62.8 Å². The minimum Gasteiger partial charge on any atom is -0.490 e. The van der Waals surface area contributed by atoms with Gasteiger partial charge in [0.05, 0.1) is 30.2 Å². The van der Waals surface area contributed by atoms with E-state index in [1.54, 1.807) is 0 Å². The minimum atomic E-state index is -0.175. The second kappa shape index (κ2) is 14.6. The molecule has 1 aliphatic heterocycles. The molecule has 0 saturated heterocycles. The van der Waals surface area contributed by atoms with Crippen LogP contribution in [0.5, 0.6) is 11.5 Å². The van der Waals surface area contributed by atoms with E-state index in [4.69, 9.17) is 9.47 Å². The number of nitrogens with one attached hydrogen (secondary N) is 2. The Morgan fingerprint density at radius 3 is 1.70 bits per heavy atom. The number of hydrogen-bond donors (Lipinski definition) is 2. The van der Waals surface area contributed by atoms with E-state index in [1.807, 2.05) is 56.3 Å². The van der Waals surface area contributed by atoms with Crippen LogP contribution in [0.15, 0.2) is 127 Å². The van der Waals surface area contributed by atoms with Gasteiger partial charge >= 0.3 is 0 Å². The first kappa shape index (κ1) is 30.7. The molecule has 5 aromatic carbocycles. The first-order chi connectivity index (χ1) is 22.6. The second-order valence-electron chi connectivity index (χ2n) is 11.2. The zero-order valence-electron chi connectivity index (χ0n) is 26.3. The van der Waals surface area contributed by atoms with Crippen LogP contribution in [0.1, 0.15) is 41.7 Å². The van der Waals surface area contributed by atoms with Crippen molar-refractivity contribution in [2.45, 2.75) is 33.5 Å². The summed E-state index contributed by atoms with van der Waals surface area (Å²) in [5.74, 6) is 1.05. The van der Waals surface area contributed by atoms with E-state index in [1.165, 1.54) is 16.7 Å². The molecule has 0 unspecified atom stereocenters. The highest BCUT2D eigenvalue weighted by molar-refractivity contribution is 6.37. The molecule has 1 aliphatic rings. The minimum absolute atomic E-state index is 0.175. The Bertz CT molecular complexity index is 1750. The number of nitrogens with zero attached hydrogens (tertiary/aromatic N) is 1. The highest BCUT2D eigenvalue weighted by Crippen LogP contribution is 2.43. The standard InChI is InChI=1S/C40H39N3O3/c1-3-45-36-24-34-35(25-37(36)46-4-2)42-40(44)38(34)39(32-18-12-7-13-19-32)41-33-22-20-31(21-23-33)28-43(26-29-14-8-5-9-15-29)27-30-16-10-6-11-17-30/h5-25,41H,3-4,26-28H2,1-2H3,(H,42,44)/b39-38-. The van der Waals surface area contributed by atoms with E-state index in [0.29, 0.717) is 36.0 Å². The number of carbonyl (C=O) groups is 1. The summed E-state index contributed by atoms with van der Waals surface area (Å²) in [6.07, 6.45) is 0. The Hall–Kier alpha value is -5.33. The molecule has 232 valence electrons. The van der Waals surface area contributed by atoms with Crippen molar-refractivity contribution >= 4 is 28.6 Å². The first-order valence-electron chi connectivity index (χ1n) is 15.8. The lowest BCUT2D eigenvalue weighted by Gasteiger charge is -2.23. The molecular formula is C40H39N3O3. The Balaban J connectivity index is 1.30. The lowest BCUT2D eigenvalue weighted by molar-refractivity contribution is -0.110. The zero-order chi connectivity index (χ0) is 31.7. The number of ether oxygens (including phenoxy) is 2. The first-order valence-corrected chi connectivity index (χ1v) is 15.8. The monoisotopic (exact) mass is 609 g/mol. The maximum Gasteiger partial charge on any atom is 0.258 e. The number of amides is 1. The van der Waals surface area contributed by atoms with Crippen LogP contribution < -0.4 is 20.1 Å². The summed E-state index contributed by atoms with van der Waals surface area (Å²) in [7, 11) is 0. The van der Waals surface area contributed by atoms with E-state index in [2.05, 4.69) is 100 Å². The summed E-state index contributed by atoms with van der Waals surface area (Å²) in [6, 6.07) is 43.4. The van der Waals surface area contributed by atoms with Crippen LogP contribution in [0.25, 0.3) is 11.3 Å². The molecule has 2 N–H and O–H groups in total. The van der Waals surface area contributed by atoms with Crippen molar-refractivity contribution in [1.82, 2.24) is 4.90 Å². The van der Waals surface area contributed by atoms with Gasteiger partial charge in [0.25, 0.3) is 5.91 Å². The molecule has 0 fully saturated rings. The van der Waals surface area contributed by atoms with Gasteiger partial charge in [0, 0.05) is 37.0 Å². The van der Waals surface area contributed by atoms with Gasteiger partial charge in [0.1, 0.15) is 0 Å². The van der Waals surface area contributed by atoms with Crippen LogP contribution in [0.3, 0.4) is 0 Å². The van der Waals surface area contributed by atoms with Crippen LogP contribution in [0.4, 0.5) is 11.4 Å². The van der Waals surface area contributed by atoms with E-state index in [9.17, 15) is 4.79 Å². The number of rotatable bonds is 13. The molecule has 5 aromatic rings. The summed E-state index contributed by atoms with van der Waals surface area (Å²) in [4.78, 5) is 16.0. The third-order valence-electron chi connectivity index (χ3n) is 7.87. The van der Waals surface area contributed by atoms with E-state index >= 15 is 0 Å². The Labute approximate surface area is 271 Å². The van der Waals surface area contributed by atoms with Crippen LogP contribution in [0, 0.1) is 0 Å². The van der Waals surface area contributed by atoms with Gasteiger partial charge in [-0.3, -0.25) is 9.69 Å². The van der Waals surface area contributed by atoms with Crippen molar-refractivity contribution < 1.29 is 14.3 Å². The molecule has 6 nitrogen and oxygen atoms in total. The van der Waals surface area contributed by atoms with Gasteiger partial charge in [-0.2, -0.15) is 0 Å². The number of hydrogen-bond acceptors (Lipinski definition) is 5. The van der Waals surface area contributed by atoms with Crippen LogP contribution in [-0.2, 0) is 24.4 Å². The number of benzene rings is 5. The summed E-state index contributed by atoms with van der Waals surface area (Å²) in [6.45, 7) is 7.36. The van der Waals surface area contributed by atoms with Crippen molar-refractivity contribution in [1.29, 1.82) is 0 Å². The quantitative estimate of drug-likeness (QED) is 0.131. The van der Waals surface area contributed by atoms with Gasteiger partial charge in [-0.1, -0.05) is 103 Å². The molecule has 0 radical (unpaired) electrons. The van der Waals surface area contributed by atoms with Gasteiger partial charge in [-0.25, -0.2) is 0 Å². The maximum atomic E-state index is 13.6. The Kier molecular flexibility index (Phi) is 9.76. The summed E-state index contributed by atoms with van der Waals surface area (Å²) >= 11 is 0. The van der Waals surface area contributed by atoms with Crippen LogP contribution in [-0.4, -0.2) is 24.0 Å². The third-order valence-corrected chi connectivity index (χ3v) is 7.87. The normalized spacial score (nSPS) is 13.2. The fourth-order valence-corrected chi connectivity index (χ4v) is 5.79. The molecule has 6 rings (SSSR count). The smallest absolute Gasteiger partial charge is 0.258 e. The molecule has 0 atom stereocenters. The summed E-state index contributed by atoms with van der Waals surface area (Å²) in [5.41, 5.74) is 8.35. The molecule has 46 heavy (non-hydrogen) atoms. The SMILES string of the molecule is CCOc1cc2c(cc1OCC)/C(=C(/Nc1ccc(CN(Cc3ccccc3)Cc3ccccc3)cc1)c1ccccc1)C(=O)N2. The number of anilines is 2. The Morgan fingerprint density at radius 2 is 1.15 bits per heavy atom. The lowest BCUT2D eigenvalue weighted by atomic mass is 9.99. The average molecular weight is 610 g/mol. The molecule has 0 spiro atoms. The van der Waals surface area contributed by atoms with Gasteiger partial charge < -0.3 is 20.1 Å². The van der Waals surface area contributed by atoms with Crippen molar-refractivity contribution in [3.05, 3.63) is 155 Å². The van der Waals surface area contributed by atoms with Crippen molar-refractivity contribution in [3.63, 3.8) is 0 Å². The average Bonchev–Trinajstić information content (AvgIpc) is 3.40. The highest BCUT2D eigenvalue weighted by atomic mass is 16.5. The third kappa shape index (κ3) is 7.31. The lowest BCUT2D eigenvalue weighted by Crippen LogP contribution is -2.22. The van der Waals surface area contributed by atoms with Crippen LogP contribution >= 0.6 is 0 Å². The predicted octanol–water partition coefficient (Wildman–Crippen LogP) is 8.62. The molecule has 0 bridgehead atoms. The summed E-state index contributed by atoms with van der Waals surface area (Å²) < 4.78 is 11.7. The molecule has 1 heterocycles. The van der Waals surface area contributed by atoms with Crippen molar-refractivity contribution in [2.24, 2.45) is 0 Å². The largest absolute Gasteiger partial charge is 0.490 e. The highest BCUT2D eigenvalue weighted by Gasteiger charge is 2.30. The fourth-order valence-electron chi connectivity index (χ4n) is 5.79. The maximum absolute atomic E-state index is 13.6.